The summed E-state index contributed by atoms with van der Waals surface area (Å²) in [6, 6.07) is 0. The van der Waals surface area contributed by atoms with E-state index in [1.54, 1.807) is 0 Å². The number of esters is 1. The van der Waals surface area contributed by atoms with E-state index >= 15 is 0 Å². The van der Waals surface area contributed by atoms with Crippen molar-refractivity contribution in [3.63, 3.8) is 0 Å². The highest BCUT2D eigenvalue weighted by atomic mass is 16.7. The molecule has 0 amide bonds. The minimum absolute atomic E-state index is 0.0461. The van der Waals surface area contributed by atoms with E-state index in [2.05, 4.69) is 18.6 Å². The third-order valence-electron chi connectivity index (χ3n) is 11.4. The van der Waals surface area contributed by atoms with E-state index in [0.29, 0.717) is 23.7 Å². The lowest BCUT2D eigenvalue weighted by Gasteiger charge is -2.60. The average Bonchev–Trinajstić information content (AvgIpc) is 3.24. The Morgan fingerprint density at radius 3 is 2.30 bits per heavy atom. The average molecular weight is 525 g/mol. The molecule has 13 atom stereocenters. The van der Waals surface area contributed by atoms with Crippen LogP contribution in [0.15, 0.2) is 0 Å². The maximum absolute atomic E-state index is 13.5. The van der Waals surface area contributed by atoms with Crippen LogP contribution in [0.1, 0.15) is 71.6 Å². The maximum atomic E-state index is 13.5. The Morgan fingerprint density at radius 1 is 0.865 bits per heavy atom. The summed E-state index contributed by atoms with van der Waals surface area (Å²) >= 11 is 0. The van der Waals surface area contributed by atoms with E-state index in [9.17, 15) is 30.0 Å². The fraction of sp³-hybridized carbons (Fsp3) is 0.929. The molecule has 5 aliphatic rings. The molecular weight excluding hydrogens is 480 g/mol. The first-order valence-electron chi connectivity index (χ1n) is 14.1. The van der Waals surface area contributed by atoms with Gasteiger partial charge < -0.3 is 34.6 Å². The van der Waals surface area contributed by atoms with Crippen LogP contribution in [0.4, 0.5) is 0 Å². The SMILES string of the molecule is COC(=O)[C@@H]1O[C@H](OCC(=O)[C@@H]2CC[C@@H]3[C@@H]4CC[C@@H]5C[C@H](O)CC[C@]5(C)[C@H]4CC[C@@]32C)[C@@H](O)[C@H](O)[C@H]1O. The lowest BCUT2D eigenvalue weighted by molar-refractivity contribution is -0.293. The molecule has 210 valence electrons. The number of hydrogen-bond acceptors (Lipinski definition) is 9. The monoisotopic (exact) mass is 524 g/mol. The van der Waals surface area contributed by atoms with Crippen molar-refractivity contribution in [2.75, 3.05) is 13.7 Å². The number of carbonyl (C=O) groups excluding carboxylic acids is 2. The molecule has 5 fully saturated rings. The van der Waals surface area contributed by atoms with Crippen molar-refractivity contribution in [2.45, 2.75) is 108 Å². The van der Waals surface area contributed by atoms with Crippen LogP contribution in [-0.2, 0) is 23.8 Å². The Labute approximate surface area is 218 Å². The molecule has 0 spiro atoms. The number of aliphatic hydroxyl groups is 4. The van der Waals surface area contributed by atoms with Crippen molar-refractivity contribution in [3.8, 4) is 0 Å². The number of aliphatic hydroxyl groups excluding tert-OH is 4. The van der Waals surface area contributed by atoms with Gasteiger partial charge in [-0.15, -0.1) is 0 Å². The maximum Gasteiger partial charge on any atom is 0.337 e. The highest BCUT2D eigenvalue weighted by Crippen LogP contribution is 2.67. The Bertz CT molecular complexity index is 880. The Hall–Kier alpha value is -1.10. The summed E-state index contributed by atoms with van der Waals surface area (Å²) < 4.78 is 15.6. The second-order valence-electron chi connectivity index (χ2n) is 13.0. The topological polar surface area (TPSA) is 143 Å². The van der Waals surface area contributed by atoms with E-state index in [-0.39, 0.29) is 35.2 Å². The van der Waals surface area contributed by atoms with E-state index < -0.39 is 36.7 Å². The molecule has 4 aliphatic carbocycles. The molecule has 1 aliphatic heterocycles. The van der Waals surface area contributed by atoms with E-state index in [1.165, 1.54) is 6.42 Å². The molecule has 9 nitrogen and oxygen atoms in total. The van der Waals surface area contributed by atoms with Crippen molar-refractivity contribution in [1.29, 1.82) is 0 Å². The zero-order valence-electron chi connectivity index (χ0n) is 22.3. The van der Waals surface area contributed by atoms with Crippen LogP contribution in [0.25, 0.3) is 0 Å². The van der Waals surface area contributed by atoms with Gasteiger partial charge in [-0.25, -0.2) is 4.79 Å². The smallest absolute Gasteiger partial charge is 0.337 e. The van der Waals surface area contributed by atoms with Crippen LogP contribution in [0, 0.1) is 40.4 Å². The summed E-state index contributed by atoms with van der Waals surface area (Å²) in [5.74, 6) is 1.25. The zero-order valence-corrected chi connectivity index (χ0v) is 22.3. The molecule has 0 aromatic rings. The van der Waals surface area contributed by atoms with Crippen LogP contribution >= 0.6 is 0 Å². The van der Waals surface area contributed by atoms with Crippen molar-refractivity contribution in [2.24, 2.45) is 40.4 Å². The molecule has 37 heavy (non-hydrogen) atoms. The highest BCUT2D eigenvalue weighted by molar-refractivity contribution is 5.83. The number of ether oxygens (including phenoxy) is 3. The lowest BCUT2D eigenvalue weighted by atomic mass is 9.44. The number of methoxy groups -OCH3 is 1. The molecule has 9 heteroatoms. The molecule has 0 unspecified atom stereocenters. The predicted octanol–water partition coefficient (Wildman–Crippen LogP) is 1.57. The van der Waals surface area contributed by atoms with E-state index in [1.807, 2.05) is 0 Å². The van der Waals surface area contributed by atoms with Gasteiger partial charge in [0.2, 0.25) is 0 Å². The molecule has 4 N–H and O–H groups in total. The molecule has 0 bridgehead atoms. The zero-order chi connectivity index (χ0) is 26.7. The fourth-order valence-corrected chi connectivity index (χ4v) is 9.33. The minimum Gasteiger partial charge on any atom is -0.467 e. The van der Waals surface area contributed by atoms with Crippen molar-refractivity contribution in [1.82, 2.24) is 0 Å². The molecule has 0 aromatic carbocycles. The standard InChI is InChI=1S/C28H44O9/c1-27-10-8-15(29)12-14(27)4-5-16-17-6-7-19(28(17,2)11-9-18(16)27)20(30)13-36-26-23(33)21(31)22(32)24(37-26)25(34)35-3/h14-19,21-24,26,29,31-33H,4-13H2,1-3H3/t14-,15-,16+,17-,18+,19+,21-,22-,23+,24-,26+,27+,28+/m1/s1. The second kappa shape index (κ2) is 10.1. The van der Waals surface area contributed by atoms with Gasteiger partial charge in [0.05, 0.1) is 13.2 Å². The number of rotatable bonds is 5. The summed E-state index contributed by atoms with van der Waals surface area (Å²) in [6.07, 6.45) is 1.18. The van der Waals surface area contributed by atoms with Gasteiger partial charge in [0.1, 0.15) is 24.9 Å². The summed E-state index contributed by atoms with van der Waals surface area (Å²) in [6.45, 7) is 4.43. The Balaban J connectivity index is 1.24. The number of ketones is 1. The van der Waals surface area contributed by atoms with Gasteiger partial charge >= 0.3 is 5.97 Å². The molecule has 0 radical (unpaired) electrons. The van der Waals surface area contributed by atoms with Gasteiger partial charge in [0.15, 0.2) is 18.2 Å². The van der Waals surface area contributed by atoms with Crippen LogP contribution < -0.4 is 0 Å². The van der Waals surface area contributed by atoms with Gasteiger partial charge in [-0.1, -0.05) is 13.8 Å². The molecular formula is C28H44O9. The first-order chi connectivity index (χ1) is 17.5. The van der Waals surface area contributed by atoms with Crippen LogP contribution in [0.5, 0.6) is 0 Å². The fourth-order valence-electron chi connectivity index (χ4n) is 9.33. The second-order valence-corrected chi connectivity index (χ2v) is 13.0. The van der Waals surface area contributed by atoms with Gasteiger partial charge in [0.25, 0.3) is 0 Å². The number of hydrogen-bond donors (Lipinski definition) is 4. The lowest BCUT2D eigenvalue weighted by Crippen LogP contribution is -2.60. The first kappa shape index (κ1) is 27.5. The van der Waals surface area contributed by atoms with Crippen LogP contribution in [0.2, 0.25) is 0 Å². The number of fused-ring (bicyclic) bond motifs is 5. The number of carbonyl (C=O) groups is 2. The molecule has 0 aromatic heterocycles. The third kappa shape index (κ3) is 4.47. The Morgan fingerprint density at radius 2 is 1.57 bits per heavy atom. The molecule has 5 rings (SSSR count). The summed E-state index contributed by atoms with van der Waals surface area (Å²) in [5.41, 5.74) is 0.181. The normalized spacial score (nSPS) is 51.5. The summed E-state index contributed by atoms with van der Waals surface area (Å²) in [4.78, 5) is 25.4. The van der Waals surface area contributed by atoms with Crippen molar-refractivity contribution in [3.05, 3.63) is 0 Å². The summed E-state index contributed by atoms with van der Waals surface area (Å²) in [5, 5.41) is 40.8. The minimum atomic E-state index is -1.67. The molecule has 1 saturated heterocycles. The van der Waals surface area contributed by atoms with E-state index in [4.69, 9.17) is 9.47 Å². The first-order valence-corrected chi connectivity index (χ1v) is 14.1. The quantitative estimate of drug-likeness (QED) is 0.394. The predicted molar refractivity (Wildman–Crippen MR) is 131 cm³/mol. The third-order valence-corrected chi connectivity index (χ3v) is 11.4. The number of Topliss-reactive ketones (excluding diaryl/α,β-unsaturated/α-hetero) is 1. The van der Waals surface area contributed by atoms with Crippen molar-refractivity contribution < 1.29 is 44.2 Å². The van der Waals surface area contributed by atoms with Gasteiger partial charge in [-0.05, 0) is 92.3 Å². The Kier molecular flexibility index (Phi) is 7.53. The highest BCUT2D eigenvalue weighted by Gasteiger charge is 2.61. The van der Waals surface area contributed by atoms with E-state index in [0.717, 1.165) is 58.5 Å². The summed E-state index contributed by atoms with van der Waals surface area (Å²) in [7, 11) is 1.13. The largest absolute Gasteiger partial charge is 0.467 e. The molecule has 4 saturated carbocycles. The van der Waals surface area contributed by atoms with Gasteiger partial charge in [-0.3, -0.25) is 4.79 Å². The van der Waals surface area contributed by atoms with Crippen molar-refractivity contribution >= 4 is 11.8 Å². The van der Waals surface area contributed by atoms with Gasteiger partial charge in [0, 0.05) is 5.92 Å². The van der Waals surface area contributed by atoms with Crippen LogP contribution in [-0.4, -0.2) is 82.7 Å². The van der Waals surface area contributed by atoms with Gasteiger partial charge in [-0.2, -0.15) is 0 Å². The van der Waals surface area contributed by atoms with Crippen LogP contribution in [0.3, 0.4) is 0 Å². The molecule has 1 heterocycles.